The minimum Gasteiger partial charge on any atom is -0.378 e. The zero-order valence-corrected chi connectivity index (χ0v) is 13.7. The molecule has 1 aromatic rings. The van der Waals surface area contributed by atoms with Gasteiger partial charge in [-0.15, -0.1) is 0 Å². The second-order valence-corrected chi connectivity index (χ2v) is 5.75. The van der Waals surface area contributed by atoms with E-state index in [0.29, 0.717) is 0 Å². The van der Waals surface area contributed by atoms with Gasteiger partial charge < -0.3 is 19.3 Å². The average Bonchev–Trinajstić information content (AvgIpc) is 2.56. The fourth-order valence-corrected chi connectivity index (χ4v) is 3.18. The largest absolute Gasteiger partial charge is 0.378 e. The van der Waals surface area contributed by atoms with Gasteiger partial charge >= 0.3 is 0 Å². The van der Waals surface area contributed by atoms with Gasteiger partial charge in [0.15, 0.2) is 0 Å². The number of pyridine rings is 1. The van der Waals surface area contributed by atoms with Crippen LogP contribution in [-0.4, -0.2) is 57.6 Å². The van der Waals surface area contributed by atoms with E-state index in [-0.39, 0.29) is 0 Å². The lowest BCUT2D eigenvalue weighted by atomic mass is 10.2. The van der Waals surface area contributed by atoms with Crippen molar-refractivity contribution in [3.63, 3.8) is 0 Å². The molecule has 6 heteroatoms. The molecule has 0 bridgehead atoms. The van der Waals surface area contributed by atoms with E-state index in [4.69, 9.17) is 14.5 Å². The Bertz CT molecular complexity index is 446. The Morgan fingerprint density at radius 2 is 1.55 bits per heavy atom. The van der Waals surface area contributed by atoms with Gasteiger partial charge in [0.1, 0.15) is 11.6 Å². The number of rotatable bonds is 3. The van der Waals surface area contributed by atoms with Crippen molar-refractivity contribution >= 4 is 34.2 Å². The lowest BCUT2D eigenvalue weighted by Gasteiger charge is -2.32. The molecule has 0 atom stereocenters. The molecular formula is C14H20IN3O2. The highest BCUT2D eigenvalue weighted by atomic mass is 127. The molecule has 0 saturated carbocycles. The summed E-state index contributed by atoms with van der Waals surface area (Å²) in [6.07, 6.45) is 0. The van der Waals surface area contributed by atoms with E-state index in [1.54, 1.807) is 0 Å². The van der Waals surface area contributed by atoms with Gasteiger partial charge in [0, 0.05) is 36.2 Å². The summed E-state index contributed by atoms with van der Waals surface area (Å²) < 4.78 is 11.8. The second-order valence-electron chi connectivity index (χ2n) is 4.98. The van der Waals surface area contributed by atoms with Crippen LogP contribution in [-0.2, 0) is 13.9 Å². The third-order valence-electron chi connectivity index (χ3n) is 3.73. The SMILES string of the molecule is ICc1ccc(N2CCOCC2)nc1N1CCOCC1. The van der Waals surface area contributed by atoms with Gasteiger partial charge in [-0.2, -0.15) is 0 Å². The Hall–Kier alpha value is -0.600. The first kappa shape index (κ1) is 14.3. The van der Waals surface area contributed by atoms with Gasteiger partial charge in [0.05, 0.1) is 26.4 Å². The molecular weight excluding hydrogens is 369 g/mol. The molecule has 2 aliphatic rings. The van der Waals surface area contributed by atoms with Crippen molar-refractivity contribution in [2.75, 3.05) is 62.4 Å². The molecule has 2 aliphatic heterocycles. The van der Waals surface area contributed by atoms with E-state index in [9.17, 15) is 0 Å². The maximum atomic E-state index is 5.44. The van der Waals surface area contributed by atoms with Crippen LogP contribution in [0.25, 0.3) is 0 Å². The monoisotopic (exact) mass is 389 g/mol. The minimum atomic E-state index is 0.794. The van der Waals surface area contributed by atoms with Crippen molar-refractivity contribution in [1.29, 1.82) is 0 Å². The number of nitrogens with zero attached hydrogens (tertiary/aromatic N) is 3. The smallest absolute Gasteiger partial charge is 0.135 e. The number of alkyl halides is 1. The predicted molar refractivity (Wildman–Crippen MR) is 88.0 cm³/mol. The molecule has 0 radical (unpaired) electrons. The molecule has 1 aromatic heterocycles. The molecule has 0 N–H and O–H groups in total. The topological polar surface area (TPSA) is 37.8 Å². The van der Waals surface area contributed by atoms with E-state index in [2.05, 4.69) is 44.5 Å². The van der Waals surface area contributed by atoms with Crippen LogP contribution in [0.1, 0.15) is 5.56 Å². The molecule has 3 rings (SSSR count). The molecule has 0 aliphatic carbocycles. The second kappa shape index (κ2) is 6.91. The van der Waals surface area contributed by atoms with Crippen molar-refractivity contribution < 1.29 is 9.47 Å². The summed E-state index contributed by atoms with van der Waals surface area (Å²) in [5.41, 5.74) is 1.31. The summed E-state index contributed by atoms with van der Waals surface area (Å²) in [5, 5.41) is 0. The maximum absolute atomic E-state index is 5.44. The van der Waals surface area contributed by atoms with Crippen molar-refractivity contribution in [2.45, 2.75) is 4.43 Å². The lowest BCUT2D eigenvalue weighted by molar-refractivity contribution is 0.121. The lowest BCUT2D eigenvalue weighted by Crippen LogP contribution is -2.39. The minimum absolute atomic E-state index is 0.794. The molecule has 110 valence electrons. The van der Waals surface area contributed by atoms with E-state index in [0.717, 1.165) is 68.7 Å². The molecule has 0 aromatic carbocycles. The van der Waals surface area contributed by atoms with Crippen molar-refractivity contribution in [1.82, 2.24) is 4.98 Å². The number of anilines is 2. The summed E-state index contributed by atoms with van der Waals surface area (Å²) >= 11 is 2.41. The Morgan fingerprint density at radius 1 is 0.950 bits per heavy atom. The molecule has 20 heavy (non-hydrogen) atoms. The van der Waals surface area contributed by atoms with Gasteiger partial charge in [-0.1, -0.05) is 28.7 Å². The zero-order valence-electron chi connectivity index (χ0n) is 11.6. The number of hydrogen-bond donors (Lipinski definition) is 0. The molecule has 0 unspecified atom stereocenters. The van der Waals surface area contributed by atoms with Gasteiger partial charge in [0.25, 0.3) is 0 Å². The molecule has 2 fully saturated rings. The highest BCUT2D eigenvalue weighted by Crippen LogP contribution is 2.26. The summed E-state index contributed by atoms with van der Waals surface area (Å²) in [4.78, 5) is 9.59. The van der Waals surface area contributed by atoms with Crippen molar-refractivity contribution in [3.8, 4) is 0 Å². The van der Waals surface area contributed by atoms with Gasteiger partial charge in [0.2, 0.25) is 0 Å². The van der Waals surface area contributed by atoms with E-state index >= 15 is 0 Å². The Morgan fingerprint density at radius 3 is 2.15 bits per heavy atom. The Balaban J connectivity index is 1.85. The van der Waals surface area contributed by atoms with Gasteiger partial charge in [-0.05, 0) is 6.07 Å². The number of halogens is 1. The quantitative estimate of drug-likeness (QED) is 0.581. The summed E-state index contributed by atoms with van der Waals surface area (Å²) in [6.45, 7) is 6.91. The Kier molecular flexibility index (Phi) is 4.95. The van der Waals surface area contributed by atoms with Gasteiger partial charge in [-0.25, -0.2) is 4.98 Å². The number of hydrogen-bond acceptors (Lipinski definition) is 5. The van der Waals surface area contributed by atoms with Crippen LogP contribution in [0, 0.1) is 0 Å². The first-order valence-electron chi connectivity index (χ1n) is 7.10. The van der Waals surface area contributed by atoms with Crippen LogP contribution >= 0.6 is 22.6 Å². The van der Waals surface area contributed by atoms with Gasteiger partial charge in [-0.3, -0.25) is 0 Å². The summed E-state index contributed by atoms with van der Waals surface area (Å²) in [7, 11) is 0. The fraction of sp³-hybridized carbons (Fsp3) is 0.643. The number of ether oxygens (including phenoxy) is 2. The summed E-state index contributed by atoms with van der Waals surface area (Å²) in [5.74, 6) is 2.20. The van der Waals surface area contributed by atoms with Crippen LogP contribution in [0.4, 0.5) is 11.6 Å². The Labute approximate surface area is 133 Å². The van der Waals surface area contributed by atoms with Crippen LogP contribution in [0.15, 0.2) is 12.1 Å². The molecule has 0 amide bonds. The summed E-state index contributed by atoms with van der Waals surface area (Å²) in [6, 6.07) is 4.36. The molecule has 5 nitrogen and oxygen atoms in total. The molecule has 3 heterocycles. The molecule has 2 saturated heterocycles. The third-order valence-corrected chi connectivity index (χ3v) is 4.55. The van der Waals surface area contributed by atoms with Crippen molar-refractivity contribution in [2.24, 2.45) is 0 Å². The highest BCUT2D eigenvalue weighted by Gasteiger charge is 2.19. The van der Waals surface area contributed by atoms with E-state index in [1.165, 1.54) is 5.56 Å². The predicted octanol–water partition coefficient (Wildman–Crippen LogP) is 1.69. The third kappa shape index (κ3) is 3.17. The standard InChI is InChI=1S/C14H20IN3O2/c15-11-12-1-2-13(17-3-7-19-8-4-17)16-14(12)18-5-9-20-10-6-18/h1-2H,3-11H2. The maximum Gasteiger partial charge on any atom is 0.135 e. The zero-order chi connectivity index (χ0) is 13.8. The fourth-order valence-electron chi connectivity index (χ4n) is 2.59. The first-order chi connectivity index (χ1) is 9.88. The van der Waals surface area contributed by atoms with E-state index in [1.807, 2.05) is 0 Å². The van der Waals surface area contributed by atoms with E-state index < -0.39 is 0 Å². The highest BCUT2D eigenvalue weighted by molar-refractivity contribution is 14.1. The van der Waals surface area contributed by atoms with Crippen LogP contribution < -0.4 is 9.80 Å². The first-order valence-corrected chi connectivity index (χ1v) is 8.62. The number of aromatic nitrogens is 1. The van der Waals surface area contributed by atoms with Crippen LogP contribution in [0.5, 0.6) is 0 Å². The van der Waals surface area contributed by atoms with Crippen molar-refractivity contribution in [3.05, 3.63) is 17.7 Å². The molecule has 0 spiro atoms. The average molecular weight is 389 g/mol. The number of morpholine rings is 2. The van der Waals surface area contributed by atoms with Crippen LogP contribution in [0.3, 0.4) is 0 Å². The van der Waals surface area contributed by atoms with Crippen LogP contribution in [0.2, 0.25) is 0 Å². The normalized spacial score (nSPS) is 20.2.